The van der Waals surface area contributed by atoms with Gasteiger partial charge in [-0.2, -0.15) is 0 Å². The Bertz CT molecular complexity index is 875. The molecule has 0 saturated carbocycles. The fraction of sp³-hybridized carbons (Fsp3) is 0. The summed E-state index contributed by atoms with van der Waals surface area (Å²) in [6.07, 6.45) is 3.63. The standard InChI is InChI=1S/C15H10FN3/c16-9-3-4-10-11-5-7-18-15(12-2-1-6-17-12)14(11)19-13(10)8-9/h1-8,17,19H. The van der Waals surface area contributed by atoms with Crippen LogP contribution in [0.15, 0.2) is 48.8 Å². The van der Waals surface area contributed by atoms with Crippen molar-refractivity contribution in [2.24, 2.45) is 0 Å². The topological polar surface area (TPSA) is 44.5 Å². The minimum Gasteiger partial charge on any atom is -0.360 e. The first-order valence-electron chi connectivity index (χ1n) is 6.02. The lowest BCUT2D eigenvalue weighted by Crippen LogP contribution is -1.84. The van der Waals surface area contributed by atoms with E-state index in [9.17, 15) is 4.39 Å². The molecule has 3 heterocycles. The van der Waals surface area contributed by atoms with Crippen molar-refractivity contribution in [1.82, 2.24) is 15.0 Å². The van der Waals surface area contributed by atoms with Crippen LogP contribution in [0.25, 0.3) is 33.2 Å². The van der Waals surface area contributed by atoms with Gasteiger partial charge in [-0.3, -0.25) is 4.98 Å². The molecule has 3 aromatic heterocycles. The molecule has 4 heteroatoms. The van der Waals surface area contributed by atoms with Gasteiger partial charge in [-0.1, -0.05) is 0 Å². The molecule has 4 aromatic rings. The van der Waals surface area contributed by atoms with Gasteiger partial charge in [0.1, 0.15) is 11.5 Å². The van der Waals surface area contributed by atoms with Crippen LogP contribution >= 0.6 is 0 Å². The maximum atomic E-state index is 13.3. The Hall–Kier alpha value is -2.62. The van der Waals surface area contributed by atoms with Crippen LogP contribution in [0.4, 0.5) is 4.39 Å². The second kappa shape index (κ2) is 3.68. The zero-order chi connectivity index (χ0) is 12.8. The predicted octanol–water partition coefficient (Wildman–Crippen LogP) is 3.85. The van der Waals surface area contributed by atoms with E-state index in [-0.39, 0.29) is 5.82 Å². The van der Waals surface area contributed by atoms with E-state index in [0.717, 1.165) is 33.2 Å². The number of hydrogen-bond acceptors (Lipinski definition) is 1. The smallest absolute Gasteiger partial charge is 0.125 e. The van der Waals surface area contributed by atoms with Gasteiger partial charge in [-0.25, -0.2) is 4.39 Å². The summed E-state index contributed by atoms with van der Waals surface area (Å²) in [5.41, 5.74) is 3.50. The van der Waals surface area contributed by atoms with Crippen molar-refractivity contribution in [3.05, 3.63) is 54.6 Å². The van der Waals surface area contributed by atoms with Crippen molar-refractivity contribution in [1.29, 1.82) is 0 Å². The lowest BCUT2D eigenvalue weighted by molar-refractivity contribution is 0.629. The van der Waals surface area contributed by atoms with Gasteiger partial charge in [-0.05, 0) is 36.4 Å². The van der Waals surface area contributed by atoms with Gasteiger partial charge < -0.3 is 9.97 Å². The maximum absolute atomic E-state index is 13.3. The third-order valence-corrected chi connectivity index (χ3v) is 3.34. The number of aromatic nitrogens is 3. The van der Waals surface area contributed by atoms with Crippen LogP contribution in [0, 0.1) is 5.82 Å². The monoisotopic (exact) mass is 251 g/mol. The molecule has 19 heavy (non-hydrogen) atoms. The first-order chi connectivity index (χ1) is 9.33. The van der Waals surface area contributed by atoms with Gasteiger partial charge >= 0.3 is 0 Å². The summed E-state index contributed by atoms with van der Waals surface area (Å²) >= 11 is 0. The van der Waals surface area contributed by atoms with Gasteiger partial charge in [0.05, 0.1) is 11.2 Å². The Kier molecular flexibility index (Phi) is 2.00. The summed E-state index contributed by atoms with van der Waals surface area (Å²) in [6, 6.07) is 10.6. The van der Waals surface area contributed by atoms with E-state index in [4.69, 9.17) is 0 Å². The molecule has 0 aliphatic rings. The maximum Gasteiger partial charge on any atom is 0.125 e. The fourth-order valence-corrected chi connectivity index (χ4v) is 2.48. The highest BCUT2D eigenvalue weighted by Crippen LogP contribution is 2.30. The summed E-state index contributed by atoms with van der Waals surface area (Å²) in [6.45, 7) is 0. The number of benzene rings is 1. The average Bonchev–Trinajstić information content (AvgIpc) is 3.04. The minimum absolute atomic E-state index is 0.242. The molecular formula is C15H10FN3. The molecule has 0 aliphatic carbocycles. The van der Waals surface area contributed by atoms with Crippen molar-refractivity contribution >= 4 is 21.8 Å². The number of rotatable bonds is 1. The molecule has 2 N–H and O–H groups in total. The van der Waals surface area contributed by atoms with Crippen LogP contribution in [-0.4, -0.2) is 15.0 Å². The fourth-order valence-electron chi connectivity index (χ4n) is 2.48. The number of nitrogens with one attached hydrogen (secondary N) is 2. The third kappa shape index (κ3) is 1.46. The largest absolute Gasteiger partial charge is 0.360 e. The lowest BCUT2D eigenvalue weighted by atomic mass is 10.1. The van der Waals surface area contributed by atoms with Crippen molar-refractivity contribution in [3.8, 4) is 11.4 Å². The van der Waals surface area contributed by atoms with Gasteiger partial charge in [0.2, 0.25) is 0 Å². The summed E-state index contributed by atoms with van der Waals surface area (Å²) in [4.78, 5) is 10.8. The van der Waals surface area contributed by atoms with Crippen molar-refractivity contribution in [3.63, 3.8) is 0 Å². The number of H-pyrrole nitrogens is 2. The van der Waals surface area contributed by atoms with E-state index in [1.807, 2.05) is 24.4 Å². The first kappa shape index (κ1) is 10.3. The van der Waals surface area contributed by atoms with Crippen molar-refractivity contribution < 1.29 is 4.39 Å². The predicted molar refractivity (Wildman–Crippen MR) is 73.3 cm³/mol. The summed E-state index contributed by atoms with van der Waals surface area (Å²) < 4.78 is 13.3. The normalized spacial score (nSPS) is 11.4. The molecular weight excluding hydrogens is 241 g/mol. The Morgan fingerprint density at radius 3 is 2.84 bits per heavy atom. The molecule has 0 amide bonds. The van der Waals surface area contributed by atoms with Crippen LogP contribution < -0.4 is 0 Å². The molecule has 0 fully saturated rings. The molecule has 0 unspecified atom stereocenters. The molecule has 1 aromatic carbocycles. The van der Waals surface area contributed by atoms with Gasteiger partial charge in [0.25, 0.3) is 0 Å². The van der Waals surface area contributed by atoms with Crippen LogP contribution in [0.2, 0.25) is 0 Å². The highest BCUT2D eigenvalue weighted by molar-refractivity contribution is 6.10. The summed E-state index contributed by atoms with van der Waals surface area (Å²) in [7, 11) is 0. The number of hydrogen-bond donors (Lipinski definition) is 2. The Labute approximate surface area is 108 Å². The molecule has 0 atom stereocenters. The molecule has 3 nitrogen and oxygen atoms in total. The van der Waals surface area contributed by atoms with E-state index >= 15 is 0 Å². The van der Waals surface area contributed by atoms with Gasteiger partial charge in [0.15, 0.2) is 0 Å². The van der Waals surface area contributed by atoms with E-state index in [1.54, 1.807) is 12.3 Å². The van der Waals surface area contributed by atoms with Crippen LogP contribution in [0.5, 0.6) is 0 Å². The third-order valence-electron chi connectivity index (χ3n) is 3.34. The molecule has 4 rings (SSSR count). The molecule has 0 radical (unpaired) electrons. The SMILES string of the molecule is Fc1ccc2c(c1)[nH]c1c(-c3ccc[nH]3)nccc12. The minimum atomic E-state index is -0.242. The van der Waals surface area contributed by atoms with Crippen LogP contribution in [-0.2, 0) is 0 Å². The van der Waals surface area contributed by atoms with E-state index in [1.165, 1.54) is 12.1 Å². The Morgan fingerprint density at radius 2 is 2.00 bits per heavy atom. The molecule has 0 saturated heterocycles. The number of nitrogens with zero attached hydrogens (tertiary/aromatic N) is 1. The van der Waals surface area contributed by atoms with Crippen molar-refractivity contribution in [2.45, 2.75) is 0 Å². The quantitative estimate of drug-likeness (QED) is 0.530. The Morgan fingerprint density at radius 1 is 1.05 bits per heavy atom. The molecule has 92 valence electrons. The number of aromatic amines is 2. The van der Waals surface area contributed by atoms with Crippen LogP contribution in [0.1, 0.15) is 0 Å². The van der Waals surface area contributed by atoms with Gasteiger partial charge in [-0.15, -0.1) is 0 Å². The number of pyridine rings is 1. The molecule has 0 spiro atoms. The van der Waals surface area contributed by atoms with E-state index in [2.05, 4.69) is 15.0 Å². The number of fused-ring (bicyclic) bond motifs is 3. The lowest BCUT2D eigenvalue weighted by Gasteiger charge is -1.99. The average molecular weight is 251 g/mol. The van der Waals surface area contributed by atoms with E-state index in [0.29, 0.717) is 0 Å². The molecule has 0 bridgehead atoms. The zero-order valence-corrected chi connectivity index (χ0v) is 9.94. The summed E-state index contributed by atoms with van der Waals surface area (Å²) in [5, 5.41) is 2.06. The van der Waals surface area contributed by atoms with Gasteiger partial charge in [0, 0.05) is 28.7 Å². The molecule has 0 aliphatic heterocycles. The number of halogens is 1. The second-order valence-electron chi connectivity index (χ2n) is 4.48. The highest BCUT2D eigenvalue weighted by atomic mass is 19.1. The summed E-state index contributed by atoms with van der Waals surface area (Å²) in [5.74, 6) is -0.242. The van der Waals surface area contributed by atoms with Crippen LogP contribution in [0.3, 0.4) is 0 Å². The highest BCUT2D eigenvalue weighted by Gasteiger charge is 2.11. The Balaban J connectivity index is 2.14. The van der Waals surface area contributed by atoms with Crippen molar-refractivity contribution in [2.75, 3.05) is 0 Å². The first-order valence-corrected chi connectivity index (χ1v) is 6.02. The zero-order valence-electron chi connectivity index (χ0n) is 9.94. The van der Waals surface area contributed by atoms with E-state index < -0.39 is 0 Å². The second-order valence-corrected chi connectivity index (χ2v) is 4.48.